The molecule has 1 aliphatic rings. The Morgan fingerprint density at radius 2 is 1.90 bits per heavy atom. The third-order valence-corrected chi connectivity index (χ3v) is 4.94. The van der Waals surface area contributed by atoms with E-state index >= 15 is 0 Å². The molecule has 0 radical (unpaired) electrons. The van der Waals surface area contributed by atoms with E-state index in [9.17, 15) is 18.0 Å². The summed E-state index contributed by atoms with van der Waals surface area (Å²) in [5.74, 6) is -1.65. The normalized spacial score (nSPS) is 20.4. The predicted molar refractivity (Wildman–Crippen MR) is 75.0 cm³/mol. The molecule has 2 rings (SSSR count). The molecule has 1 atom stereocenters. The van der Waals surface area contributed by atoms with Gasteiger partial charge in [0.25, 0.3) is 0 Å². The Bertz CT molecular complexity index is 640. The van der Waals surface area contributed by atoms with Crippen molar-refractivity contribution in [1.29, 1.82) is 0 Å². The van der Waals surface area contributed by atoms with Gasteiger partial charge in [0.2, 0.25) is 0 Å². The van der Waals surface area contributed by atoms with Crippen LogP contribution < -0.4 is 10.6 Å². The van der Waals surface area contributed by atoms with Gasteiger partial charge in [-0.15, -0.1) is 0 Å². The van der Waals surface area contributed by atoms with Gasteiger partial charge in [0.05, 0.1) is 11.5 Å². The summed E-state index contributed by atoms with van der Waals surface area (Å²) in [6, 6.07) is 6.62. The Morgan fingerprint density at radius 3 is 2.50 bits per heavy atom. The molecule has 1 aromatic rings. The minimum absolute atomic E-state index is 0.0529. The summed E-state index contributed by atoms with van der Waals surface area (Å²) in [6.45, 7) is 1.82. The molecule has 1 saturated heterocycles. The molecule has 2 amide bonds. The largest absolute Gasteiger partial charge is 0.344 e. The standard InChI is InChI=1S/C13H16N2O4S/c1-9-4-2-3-5-11(9)15-13(17)12(16)14-10-6-7-20(18,19)8-10/h2-5,10H,6-8H2,1H3,(H,14,16)(H,15,17). The number of para-hydroxylation sites is 1. The zero-order valence-electron chi connectivity index (χ0n) is 11.0. The maximum absolute atomic E-state index is 11.7. The number of aryl methyl sites for hydroxylation is 1. The topological polar surface area (TPSA) is 92.3 Å². The molecule has 1 heterocycles. The molecule has 7 heteroatoms. The molecule has 0 bridgehead atoms. The van der Waals surface area contributed by atoms with Crippen LogP contribution in [0.15, 0.2) is 24.3 Å². The number of hydrogen-bond acceptors (Lipinski definition) is 4. The van der Waals surface area contributed by atoms with Crippen LogP contribution in [0.2, 0.25) is 0 Å². The molecule has 0 aromatic heterocycles. The summed E-state index contributed by atoms with van der Waals surface area (Å²) >= 11 is 0. The fourth-order valence-corrected chi connectivity index (χ4v) is 3.73. The number of anilines is 1. The summed E-state index contributed by atoms with van der Waals surface area (Å²) < 4.78 is 22.6. The Morgan fingerprint density at radius 1 is 1.20 bits per heavy atom. The van der Waals surface area contributed by atoms with Crippen LogP contribution in [0.3, 0.4) is 0 Å². The summed E-state index contributed by atoms with van der Waals surface area (Å²) in [4.78, 5) is 23.4. The third-order valence-electron chi connectivity index (χ3n) is 3.17. The molecular weight excluding hydrogens is 280 g/mol. The second-order valence-electron chi connectivity index (χ2n) is 4.84. The lowest BCUT2D eigenvalue weighted by Gasteiger charge is -2.11. The van der Waals surface area contributed by atoms with Crippen LogP contribution >= 0.6 is 0 Å². The molecule has 0 saturated carbocycles. The van der Waals surface area contributed by atoms with Crippen molar-refractivity contribution in [2.75, 3.05) is 16.8 Å². The second-order valence-corrected chi connectivity index (χ2v) is 7.07. The average molecular weight is 296 g/mol. The van der Waals surface area contributed by atoms with E-state index in [0.29, 0.717) is 12.1 Å². The first-order valence-electron chi connectivity index (χ1n) is 6.25. The molecule has 2 N–H and O–H groups in total. The first kappa shape index (κ1) is 14.5. The van der Waals surface area contributed by atoms with Crippen LogP contribution in [0.1, 0.15) is 12.0 Å². The van der Waals surface area contributed by atoms with Crippen LogP contribution in [-0.2, 0) is 19.4 Å². The van der Waals surface area contributed by atoms with Crippen molar-refractivity contribution in [2.45, 2.75) is 19.4 Å². The van der Waals surface area contributed by atoms with Gasteiger partial charge in [-0.05, 0) is 25.0 Å². The van der Waals surface area contributed by atoms with Crippen molar-refractivity contribution in [3.8, 4) is 0 Å². The number of nitrogens with one attached hydrogen (secondary N) is 2. The maximum atomic E-state index is 11.7. The zero-order chi connectivity index (χ0) is 14.8. The summed E-state index contributed by atoms with van der Waals surface area (Å²) in [6.07, 6.45) is 0.353. The van der Waals surface area contributed by atoms with Crippen molar-refractivity contribution < 1.29 is 18.0 Å². The van der Waals surface area contributed by atoms with Crippen LogP contribution in [0.25, 0.3) is 0 Å². The Hall–Kier alpha value is -1.89. The lowest BCUT2D eigenvalue weighted by molar-refractivity contribution is -0.136. The predicted octanol–water partition coefficient (Wildman–Crippen LogP) is 0.237. The van der Waals surface area contributed by atoms with Crippen molar-refractivity contribution in [2.24, 2.45) is 0 Å². The number of carbonyl (C=O) groups is 2. The Kier molecular flexibility index (Phi) is 4.08. The maximum Gasteiger partial charge on any atom is 0.313 e. The molecule has 108 valence electrons. The number of amides is 2. The Labute approximate surface area is 117 Å². The second kappa shape index (κ2) is 5.62. The number of rotatable bonds is 2. The Balaban J connectivity index is 1.93. The molecule has 1 aliphatic heterocycles. The van der Waals surface area contributed by atoms with Gasteiger partial charge in [-0.1, -0.05) is 18.2 Å². The first-order chi connectivity index (χ1) is 9.37. The van der Waals surface area contributed by atoms with Gasteiger partial charge in [0, 0.05) is 11.7 Å². The van der Waals surface area contributed by atoms with Crippen molar-refractivity contribution >= 4 is 27.3 Å². The van der Waals surface area contributed by atoms with E-state index in [1.807, 2.05) is 19.1 Å². The van der Waals surface area contributed by atoms with Gasteiger partial charge in [0.1, 0.15) is 0 Å². The van der Waals surface area contributed by atoms with Crippen LogP contribution in [0.4, 0.5) is 5.69 Å². The van der Waals surface area contributed by atoms with Crippen LogP contribution in [-0.4, -0.2) is 37.8 Å². The lowest BCUT2D eigenvalue weighted by atomic mass is 10.2. The van der Waals surface area contributed by atoms with E-state index in [4.69, 9.17) is 0 Å². The fourth-order valence-electron chi connectivity index (χ4n) is 2.05. The van der Waals surface area contributed by atoms with Gasteiger partial charge < -0.3 is 10.6 Å². The van der Waals surface area contributed by atoms with Crippen molar-refractivity contribution in [3.05, 3.63) is 29.8 Å². The molecular formula is C13H16N2O4S. The van der Waals surface area contributed by atoms with Gasteiger partial charge >= 0.3 is 11.8 Å². The molecule has 1 unspecified atom stereocenters. The van der Waals surface area contributed by atoms with Crippen LogP contribution in [0, 0.1) is 6.92 Å². The molecule has 6 nitrogen and oxygen atoms in total. The number of hydrogen-bond donors (Lipinski definition) is 2. The lowest BCUT2D eigenvalue weighted by Crippen LogP contribution is -2.42. The van der Waals surface area contributed by atoms with Gasteiger partial charge in [0.15, 0.2) is 9.84 Å². The number of benzene rings is 1. The van der Waals surface area contributed by atoms with Gasteiger partial charge in [-0.25, -0.2) is 8.42 Å². The van der Waals surface area contributed by atoms with Crippen molar-refractivity contribution in [3.63, 3.8) is 0 Å². The monoisotopic (exact) mass is 296 g/mol. The highest BCUT2D eigenvalue weighted by molar-refractivity contribution is 7.91. The van der Waals surface area contributed by atoms with Gasteiger partial charge in [-0.3, -0.25) is 9.59 Å². The highest BCUT2D eigenvalue weighted by atomic mass is 32.2. The van der Waals surface area contributed by atoms with E-state index < -0.39 is 27.7 Å². The summed E-state index contributed by atoms with van der Waals surface area (Å²) in [5, 5.41) is 4.95. The summed E-state index contributed by atoms with van der Waals surface area (Å²) in [7, 11) is -3.08. The molecule has 1 aromatic carbocycles. The third kappa shape index (κ3) is 3.57. The highest BCUT2D eigenvalue weighted by Gasteiger charge is 2.30. The zero-order valence-corrected chi connectivity index (χ0v) is 11.9. The molecule has 0 spiro atoms. The van der Waals surface area contributed by atoms with E-state index in [1.54, 1.807) is 12.1 Å². The molecule has 1 fully saturated rings. The van der Waals surface area contributed by atoms with Crippen LogP contribution in [0.5, 0.6) is 0 Å². The average Bonchev–Trinajstić information content (AvgIpc) is 2.71. The minimum Gasteiger partial charge on any atom is -0.344 e. The number of sulfone groups is 1. The van der Waals surface area contributed by atoms with Crippen molar-refractivity contribution in [1.82, 2.24) is 5.32 Å². The highest BCUT2D eigenvalue weighted by Crippen LogP contribution is 2.13. The summed E-state index contributed by atoms with van der Waals surface area (Å²) in [5.41, 5.74) is 1.41. The van der Waals surface area contributed by atoms with Gasteiger partial charge in [-0.2, -0.15) is 0 Å². The fraction of sp³-hybridized carbons (Fsp3) is 0.385. The molecule has 20 heavy (non-hydrogen) atoms. The SMILES string of the molecule is Cc1ccccc1NC(=O)C(=O)NC1CCS(=O)(=O)C1. The van der Waals surface area contributed by atoms with E-state index in [-0.39, 0.29) is 11.5 Å². The van der Waals surface area contributed by atoms with E-state index in [1.165, 1.54) is 0 Å². The minimum atomic E-state index is -3.08. The quantitative estimate of drug-likeness (QED) is 0.765. The number of carbonyl (C=O) groups excluding carboxylic acids is 2. The van der Waals surface area contributed by atoms with E-state index in [2.05, 4.69) is 10.6 Å². The van der Waals surface area contributed by atoms with E-state index in [0.717, 1.165) is 5.56 Å². The molecule has 0 aliphatic carbocycles. The smallest absolute Gasteiger partial charge is 0.313 e. The first-order valence-corrected chi connectivity index (χ1v) is 8.07.